The number of nitrogens with zero attached hydrogens (tertiary/aromatic N) is 2. The molecule has 0 spiro atoms. The molecule has 27 heavy (non-hydrogen) atoms. The number of benzene rings is 2. The Balaban J connectivity index is 1.45. The number of rotatable bonds is 7. The molecule has 1 N–H and O–H groups in total. The topological polar surface area (TPSA) is 84.7 Å². The van der Waals surface area contributed by atoms with Crippen molar-refractivity contribution in [2.24, 2.45) is 0 Å². The maximum atomic E-state index is 12.2. The van der Waals surface area contributed by atoms with Crippen LogP contribution in [-0.2, 0) is 4.74 Å². The number of hydrogen-bond donors (Lipinski definition) is 1. The summed E-state index contributed by atoms with van der Waals surface area (Å²) in [6.07, 6.45) is 0.843. The Labute approximate surface area is 158 Å². The fraction of sp³-hybridized carbons (Fsp3) is 0.350. The summed E-state index contributed by atoms with van der Waals surface area (Å²) < 4.78 is 5.86. The average Bonchev–Trinajstić information content (AvgIpc) is 2.72. The van der Waals surface area contributed by atoms with Gasteiger partial charge in [-0.05, 0) is 18.1 Å². The Hall–Kier alpha value is -2.77. The maximum absolute atomic E-state index is 12.2. The summed E-state index contributed by atoms with van der Waals surface area (Å²) in [5.41, 5.74) is 1.10. The molecule has 1 saturated heterocycles. The number of ether oxygens (including phenoxy) is 1. The lowest BCUT2D eigenvalue weighted by molar-refractivity contribution is -0.385. The molecule has 7 nitrogen and oxygen atoms in total. The van der Waals surface area contributed by atoms with Gasteiger partial charge in [-0.2, -0.15) is 0 Å². The minimum Gasteiger partial charge on any atom is -0.371 e. The zero-order valence-corrected chi connectivity index (χ0v) is 15.0. The number of nitro benzene ring substituents is 1. The van der Waals surface area contributed by atoms with Gasteiger partial charge in [-0.15, -0.1) is 0 Å². The van der Waals surface area contributed by atoms with Gasteiger partial charge in [0.2, 0.25) is 0 Å². The molecule has 1 amide bonds. The van der Waals surface area contributed by atoms with Gasteiger partial charge in [0.25, 0.3) is 11.6 Å². The van der Waals surface area contributed by atoms with Crippen molar-refractivity contribution < 1.29 is 14.5 Å². The zero-order valence-electron chi connectivity index (χ0n) is 15.0. The van der Waals surface area contributed by atoms with Gasteiger partial charge < -0.3 is 10.1 Å². The van der Waals surface area contributed by atoms with E-state index < -0.39 is 10.8 Å². The molecule has 0 bridgehead atoms. The standard InChI is InChI=1S/C20H23N3O4/c24-20(17-9-4-5-10-18(17)23(25)26)21-11-6-12-22-13-14-27-19(15-22)16-7-2-1-3-8-16/h1-5,7-10,19H,6,11-15H2,(H,21,24). The van der Waals surface area contributed by atoms with Crippen molar-refractivity contribution in [2.75, 3.05) is 32.8 Å². The van der Waals surface area contributed by atoms with E-state index in [9.17, 15) is 14.9 Å². The fourth-order valence-electron chi connectivity index (χ4n) is 3.20. The molecule has 0 aromatic heterocycles. The highest BCUT2D eigenvalue weighted by Crippen LogP contribution is 2.22. The van der Waals surface area contributed by atoms with E-state index in [1.165, 1.54) is 17.7 Å². The van der Waals surface area contributed by atoms with E-state index in [0.29, 0.717) is 13.2 Å². The first-order valence-electron chi connectivity index (χ1n) is 9.05. The Morgan fingerprint density at radius 2 is 1.93 bits per heavy atom. The van der Waals surface area contributed by atoms with Crippen LogP contribution in [-0.4, -0.2) is 48.5 Å². The molecule has 142 valence electrons. The van der Waals surface area contributed by atoms with Crippen LogP contribution in [0.15, 0.2) is 54.6 Å². The number of para-hydroxylation sites is 1. The Bertz CT molecular complexity index is 782. The molecule has 2 aromatic rings. The van der Waals surface area contributed by atoms with Crippen molar-refractivity contribution in [1.82, 2.24) is 10.2 Å². The van der Waals surface area contributed by atoms with Gasteiger partial charge >= 0.3 is 0 Å². The minimum absolute atomic E-state index is 0.0708. The predicted molar refractivity (Wildman–Crippen MR) is 102 cm³/mol. The molecule has 1 atom stereocenters. The van der Waals surface area contributed by atoms with Gasteiger partial charge in [0.1, 0.15) is 5.56 Å². The first-order valence-corrected chi connectivity index (χ1v) is 9.05. The van der Waals surface area contributed by atoms with E-state index in [0.717, 1.165) is 26.1 Å². The second-order valence-corrected chi connectivity index (χ2v) is 6.45. The zero-order chi connectivity index (χ0) is 19.1. The molecule has 3 rings (SSSR count). The molecule has 0 saturated carbocycles. The first kappa shape index (κ1) is 19.0. The number of morpholine rings is 1. The van der Waals surface area contributed by atoms with E-state index in [4.69, 9.17) is 4.74 Å². The molecule has 2 aromatic carbocycles. The number of carbonyl (C=O) groups excluding carboxylic acids is 1. The van der Waals surface area contributed by atoms with Crippen LogP contribution < -0.4 is 5.32 Å². The summed E-state index contributed by atoms with van der Waals surface area (Å²) in [7, 11) is 0. The Morgan fingerprint density at radius 3 is 2.70 bits per heavy atom. The van der Waals surface area contributed by atoms with Crippen LogP contribution in [0.2, 0.25) is 0 Å². The predicted octanol–water partition coefficient (Wildman–Crippen LogP) is 2.79. The molecule has 7 heteroatoms. The molecular formula is C20H23N3O4. The Morgan fingerprint density at radius 1 is 1.19 bits per heavy atom. The number of nitro groups is 1. The van der Waals surface area contributed by atoms with Crippen LogP contribution in [0.5, 0.6) is 0 Å². The van der Waals surface area contributed by atoms with Crippen molar-refractivity contribution in [3.8, 4) is 0 Å². The highest BCUT2D eigenvalue weighted by Gasteiger charge is 2.22. The van der Waals surface area contributed by atoms with Crippen molar-refractivity contribution in [3.63, 3.8) is 0 Å². The second-order valence-electron chi connectivity index (χ2n) is 6.45. The lowest BCUT2D eigenvalue weighted by Crippen LogP contribution is -2.39. The molecule has 1 aliphatic rings. The summed E-state index contributed by atoms with van der Waals surface area (Å²) in [5.74, 6) is -0.411. The van der Waals surface area contributed by atoms with Crippen molar-refractivity contribution in [2.45, 2.75) is 12.5 Å². The van der Waals surface area contributed by atoms with Crippen LogP contribution in [0.25, 0.3) is 0 Å². The lowest BCUT2D eigenvalue weighted by Gasteiger charge is -2.33. The van der Waals surface area contributed by atoms with E-state index in [1.54, 1.807) is 12.1 Å². The number of carbonyl (C=O) groups is 1. The minimum atomic E-state index is -0.535. The van der Waals surface area contributed by atoms with Crippen molar-refractivity contribution in [3.05, 3.63) is 75.8 Å². The van der Waals surface area contributed by atoms with Crippen LogP contribution in [0.4, 0.5) is 5.69 Å². The molecule has 1 heterocycles. The van der Waals surface area contributed by atoms with E-state index in [-0.39, 0.29) is 17.4 Å². The molecule has 1 fully saturated rings. The lowest BCUT2D eigenvalue weighted by atomic mass is 10.1. The summed E-state index contributed by atoms with van der Waals surface area (Å²) in [4.78, 5) is 25.0. The third-order valence-corrected chi connectivity index (χ3v) is 4.60. The number of amides is 1. The SMILES string of the molecule is O=C(NCCCN1CCOC(c2ccccc2)C1)c1ccccc1[N+](=O)[O-]. The maximum Gasteiger partial charge on any atom is 0.282 e. The van der Waals surface area contributed by atoms with Crippen LogP contribution in [0.1, 0.15) is 28.4 Å². The van der Waals surface area contributed by atoms with Crippen molar-refractivity contribution >= 4 is 11.6 Å². The number of hydrogen-bond acceptors (Lipinski definition) is 5. The first-order chi connectivity index (χ1) is 13.1. The van der Waals surface area contributed by atoms with E-state index in [1.807, 2.05) is 18.2 Å². The van der Waals surface area contributed by atoms with Gasteiger partial charge in [-0.1, -0.05) is 42.5 Å². The summed E-state index contributed by atoms with van der Waals surface area (Å²) in [5, 5.41) is 13.8. The van der Waals surface area contributed by atoms with Gasteiger partial charge in [-0.3, -0.25) is 19.8 Å². The molecule has 1 aliphatic heterocycles. The van der Waals surface area contributed by atoms with Gasteiger partial charge in [-0.25, -0.2) is 0 Å². The third-order valence-electron chi connectivity index (χ3n) is 4.60. The summed E-state index contributed by atoms with van der Waals surface area (Å²) >= 11 is 0. The van der Waals surface area contributed by atoms with Crippen molar-refractivity contribution in [1.29, 1.82) is 0 Å². The van der Waals surface area contributed by atoms with Crippen LogP contribution in [0, 0.1) is 10.1 Å². The quantitative estimate of drug-likeness (QED) is 0.461. The fourth-order valence-corrected chi connectivity index (χ4v) is 3.20. The highest BCUT2D eigenvalue weighted by molar-refractivity contribution is 5.98. The molecule has 1 unspecified atom stereocenters. The third kappa shape index (κ3) is 5.12. The van der Waals surface area contributed by atoms with Gasteiger partial charge in [0.05, 0.1) is 17.6 Å². The molecular weight excluding hydrogens is 346 g/mol. The van der Waals surface area contributed by atoms with Crippen LogP contribution >= 0.6 is 0 Å². The molecule has 0 aliphatic carbocycles. The average molecular weight is 369 g/mol. The largest absolute Gasteiger partial charge is 0.371 e. The van der Waals surface area contributed by atoms with Crippen LogP contribution in [0.3, 0.4) is 0 Å². The molecule has 0 radical (unpaired) electrons. The van der Waals surface area contributed by atoms with E-state index in [2.05, 4.69) is 22.3 Å². The van der Waals surface area contributed by atoms with E-state index >= 15 is 0 Å². The highest BCUT2D eigenvalue weighted by atomic mass is 16.6. The summed E-state index contributed by atoms with van der Waals surface area (Å²) in [6.45, 7) is 3.67. The normalized spacial score (nSPS) is 17.4. The second kappa shape index (κ2) is 9.25. The van der Waals surface area contributed by atoms with Gasteiger partial charge in [0, 0.05) is 32.2 Å². The number of nitrogens with one attached hydrogen (secondary N) is 1. The van der Waals surface area contributed by atoms with Gasteiger partial charge in [0.15, 0.2) is 0 Å². The smallest absolute Gasteiger partial charge is 0.282 e. The summed E-state index contributed by atoms with van der Waals surface area (Å²) in [6, 6.07) is 16.1. The monoisotopic (exact) mass is 369 g/mol. The Kier molecular flexibility index (Phi) is 6.51.